The van der Waals surface area contributed by atoms with Gasteiger partial charge in [0.15, 0.2) is 5.65 Å². The molecule has 1 amide bonds. The molecule has 0 aromatic carbocycles. The van der Waals surface area contributed by atoms with Crippen molar-refractivity contribution < 1.29 is 14.3 Å². The topological polar surface area (TPSA) is 93.2 Å². The Morgan fingerprint density at radius 2 is 2.28 bits per heavy atom. The Hall–Kier alpha value is -2.67. The first-order valence-corrected chi connectivity index (χ1v) is 8.35. The van der Waals surface area contributed by atoms with Crippen LogP contribution in [0.1, 0.15) is 54.2 Å². The van der Waals surface area contributed by atoms with Gasteiger partial charge in [-0.15, -0.1) is 0 Å². The van der Waals surface area contributed by atoms with E-state index in [4.69, 9.17) is 4.42 Å². The van der Waals surface area contributed by atoms with Crippen molar-refractivity contribution >= 4 is 16.9 Å². The van der Waals surface area contributed by atoms with Crippen LogP contribution in [0, 0.1) is 6.92 Å². The maximum atomic E-state index is 12.8. The number of aryl methyl sites for hydroxylation is 1. The number of nitrogens with one attached hydrogen (secondary N) is 1. The number of fused-ring (bicyclic) bond motifs is 1. The van der Waals surface area contributed by atoms with Gasteiger partial charge in [-0.3, -0.25) is 4.79 Å². The predicted molar refractivity (Wildman–Crippen MR) is 93.3 cm³/mol. The van der Waals surface area contributed by atoms with Gasteiger partial charge in [-0.2, -0.15) is 5.10 Å². The third kappa shape index (κ3) is 3.28. The van der Waals surface area contributed by atoms with Gasteiger partial charge in [-0.1, -0.05) is 6.92 Å². The van der Waals surface area contributed by atoms with Crippen LogP contribution >= 0.6 is 0 Å². The van der Waals surface area contributed by atoms with E-state index >= 15 is 0 Å². The summed E-state index contributed by atoms with van der Waals surface area (Å²) in [6.07, 6.45) is 4.10. The van der Waals surface area contributed by atoms with Gasteiger partial charge in [0.2, 0.25) is 0 Å². The Bertz CT molecular complexity index is 870. The highest BCUT2D eigenvalue weighted by Gasteiger charge is 2.21. The molecule has 0 aliphatic rings. The molecule has 3 rings (SSSR count). The Labute approximate surface area is 145 Å². The fraction of sp³-hybridized carbons (Fsp3) is 0.389. The molecule has 0 saturated heterocycles. The lowest BCUT2D eigenvalue weighted by Crippen LogP contribution is -2.30. The zero-order valence-electron chi connectivity index (χ0n) is 14.6. The lowest BCUT2D eigenvalue weighted by Gasteiger charge is -2.15. The SMILES string of the molecule is CCC(C)n1ncc2c(C(=O)NC(CO)c3ccco3)cc(C)nc21. The number of aliphatic hydroxyl groups is 1. The van der Waals surface area contributed by atoms with E-state index in [9.17, 15) is 9.90 Å². The molecule has 0 saturated carbocycles. The zero-order valence-corrected chi connectivity index (χ0v) is 14.6. The molecule has 7 nitrogen and oxygen atoms in total. The summed E-state index contributed by atoms with van der Waals surface area (Å²) in [4.78, 5) is 17.3. The fourth-order valence-corrected chi connectivity index (χ4v) is 2.76. The smallest absolute Gasteiger partial charge is 0.252 e. The molecule has 0 spiro atoms. The first kappa shape index (κ1) is 17.2. The van der Waals surface area contributed by atoms with Gasteiger partial charge in [0.05, 0.1) is 36.1 Å². The molecule has 0 aliphatic heterocycles. The van der Waals surface area contributed by atoms with Gasteiger partial charge in [0.1, 0.15) is 11.8 Å². The van der Waals surface area contributed by atoms with Crippen molar-refractivity contribution in [2.45, 2.75) is 39.3 Å². The maximum Gasteiger partial charge on any atom is 0.252 e. The second-order valence-electron chi connectivity index (χ2n) is 6.12. The van der Waals surface area contributed by atoms with Gasteiger partial charge in [0, 0.05) is 5.69 Å². The summed E-state index contributed by atoms with van der Waals surface area (Å²) in [5.41, 5.74) is 1.92. The first-order chi connectivity index (χ1) is 12.0. The molecule has 2 N–H and O–H groups in total. The summed E-state index contributed by atoms with van der Waals surface area (Å²) in [6, 6.07) is 4.76. The zero-order chi connectivity index (χ0) is 18.0. The molecule has 2 unspecified atom stereocenters. The molecule has 132 valence electrons. The van der Waals surface area contributed by atoms with Gasteiger partial charge < -0.3 is 14.8 Å². The summed E-state index contributed by atoms with van der Waals surface area (Å²) in [6.45, 7) is 5.74. The van der Waals surface area contributed by atoms with Gasteiger partial charge in [-0.05, 0) is 38.5 Å². The predicted octanol–water partition coefficient (Wildman–Crippen LogP) is 2.77. The molecule has 25 heavy (non-hydrogen) atoms. The van der Waals surface area contributed by atoms with Crippen molar-refractivity contribution in [3.63, 3.8) is 0 Å². The standard InChI is InChI=1S/C18H22N4O3/c1-4-12(3)22-17-14(9-19-22)13(8-11(2)20-17)18(24)21-15(10-23)16-6-5-7-25-16/h5-9,12,15,23H,4,10H2,1-3H3,(H,21,24). The van der Waals surface area contributed by atoms with Crippen molar-refractivity contribution in [3.05, 3.63) is 47.7 Å². The Balaban J connectivity index is 1.97. The molecular weight excluding hydrogens is 320 g/mol. The highest BCUT2D eigenvalue weighted by atomic mass is 16.3. The van der Waals surface area contributed by atoms with Crippen LogP contribution in [-0.4, -0.2) is 32.4 Å². The van der Waals surface area contributed by atoms with Crippen LogP contribution < -0.4 is 5.32 Å². The first-order valence-electron chi connectivity index (χ1n) is 8.35. The van der Waals surface area contributed by atoms with Crippen LogP contribution in [0.5, 0.6) is 0 Å². The molecule has 0 fully saturated rings. The van der Waals surface area contributed by atoms with E-state index < -0.39 is 6.04 Å². The van der Waals surface area contributed by atoms with E-state index in [0.717, 1.165) is 12.1 Å². The molecule has 7 heteroatoms. The molecule has 3 aromatic rings. The van der Waals surface area contributed by atoms with Crippen LogP contribution in [-0.2, 0) is 0 Å². The quantitative estimate of drug-likeness (QED) is 0.718. The van der Waals surface area contributed by atoms with Gasteiger partial charge in [0.25, 0.3) is 5.91 Å². The number of hydrogen-bond donors (Lipinski definition) is 2. The fourth-order valence-electron chi connectivity index (χ4n) is 2.76. The lowest BCUT2D eigenvalue weighted by molar-refractivity contribution is 0.0909. The minimum Gasteiger partial charge on any atom is -0.467 e. The third-order valence-corrected chi connectivity index (χ3v) is 4.32. The van der Waals surface area contributed by atoms with Crippen LogP contribution in [0.3, 0.4) is 0 Å². The van der Waals surface area contributed by atoms with Crippen molar-refractivity contribution in [3.8, 4) is 0 Å². The number of hydrogen-bond acceptors (Lipinski definition) is 5. The minimum atomic E-state index is -0.601. The third-order valence-electron chi connectivity index (χ3n) is 4.32. The largest absolute Gasteiger partial charge is 0.467 e. The van der Waals surface area contributed by atoms with Crippen molar-refractivity contribution in [1.29, 1.82) is 0 Å². The molecule has 0 aliphatic carbocycles. The van der Waals surface area contributed by atoms with Crippen LogP contribution in [0.4, 0.5) is 0 Å². The second-order valence-corrected chi connectivity index (χ2v) is 6.12. The Morgan fingerprint density at radius 3 is 2.92 bits per heavy atom. The van der Waals surface area contributed by atoms with Crippen LogP contribution in [0.15, 0.2) is 35.1 Å². The van der Waals surface area contributed by atoms with Crippen molar-refractivity contribution in [2.75, 3.05) is 6.61 Å². The van der Waals surface area contributed by atoms with Gasteiger partial charge >= 0.3 is 0 Å². The average Bonchev–Trinajstić information content (AvgIpc) is 3.27. The van der Waals surface area contributed by atoms with Crippen LogP contribution in [0.25, 0.3) is 11.0 Å². The number of aliphatic hydroxyl groups excluding tert-OH is 1. The highest BCUT2D eigenvalue weighted by molar-refractivity contribution is 6.05. The summed E-state index contributed by atoms with van der Waals surface area (Å²) < 4.78 is 7.12. The molecular formula is C18H22N4O3. The summed E-state index contributed by atoms with van der Waals surface area (Å²) in [5.74, 6) is 0.211. The average molecular weight is 342 g/mol. The Kier molecular flexibility index (Phi) is 4.85. The Morgan fingerprint density at radius 1 is 1.48 bits per heavy atom. The summed E-state index contributed by atoms with van der Waals surface area (Å²) in [5, 5.41) is 17.5. The molecule has 0 bridgehead atoms. The number of rotatable bonds is 6. The van der Waals surface area contributed by atoms with E-state index in [-0.39, 0.29) is 18.6 Å². The number of nitrogens with zero attached hydrogens (tertiary/aromatic N) is 3. The summed E-state index contributed by atoms with van der Waals surface area (Å²) >= 11 is 0. The van der Waals surface area contributed by atoms with Crippen molar-refractivity contribution in [2.24, 2.45) is 0 Å². The van der Waals surface area contributed by atoms with E-state index in [1.165, 1.54) is 6.26 Å². The maximum absolute atomic E-state index is 12.8. The number of amides is 1. The number of carbonyl (C=O) groups is 1. The van der Waals surface area contributed by atoms with Gasteiger partial charge in [-0.25, -0.2) is 9.67 Å². The van der Waals surface area contributed by atoms with E-state index in [0.29, 0.717) is 22.4 Å². The highest BCUT2D eigenvalue weighted by Crippen LogP contribution is 2.23. The second kappa shape index (κ2) is 7.06. The number of furan rings is 1. The monoisotopic (exact) mass is 342 g/mol. The molecule has 0 radical (unpaired) electrons. The number of aromatic nitrogens is 3. The summed E-state index contributed by atoms with van der Waals surface area (Å²) in [7, 11) is 0. The molecule has 3 aromatic heterocycles. The van der Waals surface area contributed by atoms with Crippen LogP contribution in [0.2, 0.25) is 0 Å². The number of pyridine rings is 1. The number of carbonyl (C=O) groups excluding carboxylic acids is 1. The molecule has 3 heterocycles. The van der Waals surface area contributed by atoms with Crippen molar-refractivity contribution in [1.82, 2.24) is 20.1 Å². The minimum absolute atomic E-state index is 0.191. The van der Waals surface area contributed by atoms with E-state index in [1.807, 2.05) is 11.6 Å². The van der Waals surface area contributed by atoms with E-state index in [2.05, 4.69) is 29.2 Å². The molecule has 2 atom stereocenters. The lowest BCUT2D eigenvalue weighted by atomic mass is 10.1. The van der Waals surface area contributed by atoms with E-state index in [1.54, 1.807) is 24.4 Å². The normalized spacial score (nSPS) is 13.8.